The Bertz CT molecular complexity index is 1540. The fraction of sp³-hybridized carbons (Fsp3) is 0.406. The molecule has 0 spiro atoms. The van der Waals surface area contributed by atoms with Gasteiger partial charge >= 0.3 is 23.9 Å². The maximum atomic E-state index is 15.0. The van der Waals surface area contributed by atoms with E-state index in [1.807, 2.05) is 30.3 Å². The largest absolute Gasteiger partial charge is 0.486 e. The quantitative estimate of drug-likeness (QED) is 0.227. The maximum Gasteiger partial charge on any atom is 0.303 e. The minimum absolute atomic E-state index is 0.0169. The van der Waals surface area contributed by atoms with Gasteiger partial charge in [-0.2, -0.15) is 0 Å². The molecule has 0 bridgehead atoms. The number of ether oxygens (including phenoxy) is 7. The van der Waals surface area contributed by atoms with Crippen LogP contribution in [0.3, 0.4) is 0 Å². The van der Waals surface area contributed by atoms with Crippen LogP contribution in [-0.4, -0.2) is 71.4 Å². The number of benzene rings is 2. The van der Waals surface area contributed by atoms with Crippen LogP contribution in [0.2, 0.25) is 0 Å². The number of aryl methyl sites for hydroxylation is 1. The first-order valence-electron chi connectivity index (χ1n) is 14.4. The highest BCUT2D eigenvalue weighted by atomic mass is 19.1. The number of nitrogens with one attached hydrogen (secondary N) is 1. The molecule has 0 amide bonds. The monoisotopic (exact) mass is 642 g/mol. The van der Waals surface area contributed by atoms with Gasteiger partial charge in [0.2, 0.25) is 18.3 Å². The number of aromatic nitrogens is 2. The molecule has 2 heterocycles. The Balaban J connectivity index is 1.60. The van der Waals surface area contributed by atoms with Crippen molar-refractivity contribution in [1.82, 2.24) is 10.2 Å². The lowest BCUT2D eigenvalue weighted by molar-refractivity contribution is -0.289. The van der Waals surface area contributed by atoms with Gasteiger partial charge in [-0.15, -0.1) is 5.10 Å². The van der Waals surface area contributed by atoms with Crippen molar-refractivity contribution in [3.8, 4) is 11.6 Å². The average molecular weight is 643 g/mol. The first kappa shape index (κ1) is 33.9. The Kier molecular flexibility index (Phi) is 11.3. The fourth-order valence-electron chi connectivity index (χ4n) is 4.84. The van der Waals surface area contributed by atoms with Crippen molar-refractivity contribution < 1.29 is 56.7 Å². The summed E-state index contributed by atoms with van der Waals surface area (Å²) in [6.07, 6.45) is -6.70. The molecule has 4 rings (SSSR count). The minimum Gasteiger partial charge on any atom is -0.486 e. The normalized spacial score (nSPS) is 20.7. The average Bonchev–Trinajstić information content (AvgIpc) is 3.32. The number of rotatable bonds is 12. The van der Waals surface area contributed by atoms with Crippen molar-refractivity contribution in [2.75, 3.05) is 6.61 Å². The Morgan fingerprint density at radius 3 is 2.13 bits per heavy atom. The SMILES string of the molecule is CC(=O)OC[C@H]1O[C@@H](Oc2n[nH]c(C)c2Cc2ccc(OCc3ccccc3)c(F)c2)[C@H](OC(C)=O)[C@@H](OC(C)=O)[C@@H]1OC(C)=O. The summed E-state index contributed by atoms with van der Waals surface area (Å²) >= 11 is 0. The molecule has 0 radical (unpaired) electrons. The molecule has 1 aromatic heterocycles. The highest BCUT2D eigenvalue weighted by Gasteiger charge is 2.53. The summed E-state index contributed by atoms with van der Waals surface area (Å²) in [5.74, 6) is -3.41. The van der Waals surface area contributed by atoms with E-state index in [0.717, 1.165) is 26.3 Å². The van der Waals surface area contributed by atoms with Crippen LogP contribution in [-0.2, 0) is 55.9 Å². The van der Waals surface area contributed by atoms with Crippen molar-refractivity contribution in [3.05, 3.63) is 76.7 Å². The van der Waals surface area contributed by atoms with Gasteiger partial charge in [-0.25, -0.2) is 4.39 Å². The van der Waals surface area contributed by atoms with Gasteiger partial charge in [0.05, 0.1) is 0 Å². The topological polar surface area (TPSA) is 162 Å². The van der Waals surface area contributed by atoms with E-state index in [1.165, 1.54) is 19.1 Å². The fourth-order valence-corrected chi connectivity index (χ4v) is 4.84. The third-order valence-corrected chi connectivity index (χ3v) is 6.83. The van der Waals surface area contributed by atoms with Crippen molar-refractivity contribution in [1.29, 1.82) is 0 Å². The molecule has 0 aliphatic carbocycles. The molecule has 1 saturated heterocycles. The van der Waals surface area contributed by atoms with E-state index < -0.39 is 67.0 Å². The van der Waals surface area contributed by atoms with Gasteiger partial charge in [-0.1, -0.05) is 36.4 Å². The summed E-state index contributed by atoms with van der Waals surface area (Å²) in [6.45, 7) is 6.06. The van der Waals surface area contributed by atoms with Crippen molar-refractivity contribution in [3.63, 3.8) is 0 Å². The summed E-state index contributed by atoms with van der Waals surface area (Å²) in [5, 5.41) is 7.03. The van der Waals surface area contributed by atoms with Gasteiger partial charge in [0.1, 0.15) is 19.3 Å². The number of carbonyl (C=O) groups excluding carboxylic acids is 4. The van der Waals surface area contributed by atoms with Gasteiger partial charge in [0.15, 0.2) is 23.8 Å². The Hall–Kier alpha value is -4.98. The van der Waals surface area contributed by atoms with Crippen LogP contribution in [0.1, 0.15) is 50.1 Å². The number of hydrogen-bond donors (Lipinski definition) is 1. The van der Waals surface area contributed by atoms with Crippen LogP contribution < -0.4 is 9.47 Å². The minimum atomic E-state index is -1.48. The summed E-state index contributed by atoms with van der Waals surface area (Å²) in [5.41, 5.74) is 2.57. The molecule has 1 aliphatic rings. The molecule has 3 aromatic rings. The number of halogens is 1. The third kappa shape index (κ3) is 9.03. The molecule has 14 heteroatoms. The number of esters is 4. The zero-order valence-corrected chi connectivity index (χ0v) is 25.9. The Morgan fingerprint density at radius 2 is 1.50 bits per heavy atom. The number of aromatic amines is 1. The van der Waals surface area contributed by atoms with Crippen LogP contribution in [0.4, 0.5) is 4.39 Å². The predicted octanol–water partition coefficient (Wildman–Crippen LogP) is 3.49. The van der Waals surface area contributed by atoms with Gasteiger partial charge in [0, 0.05) is 45.4 Å². The zero-order chi connectivity index (χ0) is 33.4. The summed E-state index contributed by atoms with van der Waals surface area (Å²) in [4.78, 5) is 47.8. The second-order valence-corrected chi connectivity index (χ2v) is 10.5. The lowest BCUT2D eigenvalue weighted by Crippen LogP contribution is -2.63. The summed E-state index contributed by atoms with van der Waals surface area (Å²) < 4.78 is 54.2. The van der Waals surface area contributed by atoms with Crippen LogP contribution in [0.5, 0.6) is 11.6 Å². The molecular formula is C32H35FN2O11. The molecule has 1 fully saturated rings. The van der Waals surface area contributed by atoms with E-state index in [1.54, 1.807) is 13.0 Å². The molecule has 46 heavy (non-hydrogen) atoms. The molecule has 13 nitrogen and oxygen atoms in total. The van der Waals surface area contributed by atoms with E-state index in [4.69, 9.17) is 33.2 Å². The van der Waals surface area contributed by atoms with Crippen LogP contribution in [0.15, 0.2) is 48.5 Å². The van der Waals surface area contributed by atoms with E-state index in [0.29, 0.717) is 16.8 Å². The summed E-state index contributed by atoms with van der Waals surface area (Å²) in [7, 11) is 0. The number of hydrogen-bond acceptors (Lipinski definition) is 12. The second kappa shape index (κ2) is 15.3. The van der Waals surface area contributed by atoms with Crippen molar-refractivity contribution in [2.24, 2.45) is 0 Å². The molecular weight excluding hydrogens is 607 g/mol. The second-order valence-electron chi connectivity index (χ2n) is 10.5. The van der Waals surface area contributed by atoms with E-state index >= 15 is 4.39 Å². The lowest BCUT2D eigenvalue weighted by atomic mass is 9.98. The van der Waals surface area contributed by atoms with E-state index in [9.17, 15) is 19.2 Å². The smallest absolute Gasteiger partial charge is 0.303 e. The van der Waals surface area contributed by atoms with Crippen LogP contribution >= 0.6 is 0 Å². The molecule has 2 aromatic carbocycles. The van der Waals surface area contributed by atoms with Crippen molar-refractivity contribution in [2.45, 2.75) is 78.4 Å². The van der Waals surface area contributed by atoms with E-state index in [-0.39, 0.29) is 24.7 Å². The number of H-pyrrole nitrogens is 1. The van der Waals surface area contributed by atoms with Gasteiger partial charge in [0.25, 0.3) is 0 Å². The first-order chi connectivity index (χ1) is 21.9. The molecule has 246 valence electrons. The van der Waals surface area contributed by atoms with Gasteiger partial charge in [-0.3, -0.25) is 24.3 Å². The molecule has 0 saturated carbocycles. The summed E-state index contributed by atoms with van der Waals surface area (Å²) in [6, 6.07) is 13.9. The molecule has 0 unspecified atom stereocenters. The Labute approximate surface area is 264 Å². The number of nitrogens with zero attached hydrogens (tertiary/aromatic N) is 1. The van der Waals surface area contributed by atoms with Gasteiger partial charge in [-0.05, 0) is 30.2 Å². The third-order valence-electron chi connectivity index (χ3n) is 6.83. The first-order valence-corrected chi connectivity index (χ1v) is 14.4. The number of carbonyl (C=O) groups is 4. The molecule has 5 atom stereocenters. The standard InChI is InChI=1S/C32H35FN2O11/c1-17-24(13-23-11-12-26(25(33)14-23)41-15-22-9-7-6-8-10-22)31(35-34-17)46-32-30(44-21(5)39)29(43-20(4)38)28(42-19(3)37)27(45-32)16-40-18(2)36/h6-12,14,27-30,32H,13,15-16H2,1-5H3,(H,34,35)/t27-,28-,29+,30-,32+/m1/s1. The van der Waals surface area contributed by atoms with Gasteiger partial charge < -0.3 is 33.2 Å². The van der Waals surface area contributed by atoms with Crippen LogP contribution in [0.25, 0.3) is 0 Å². The van der Waals surface area contributed by atoms with E-state index in [2.05, 4.69) is 10.2 Å². The highest BCUT2D eigenvalue weighted by Crippen LogP contribution is 2.33. The Morgan fingerprint density at radius 1 is 0.848 bits per heavy atom. The molecule has 1 N–H and O–H groups in total. The lowest BCUT2D eigenvalue weighted by Gasteiger charge is -2.43. The maximum absolute atomic E-state index is 15.0. The zero-order valence-electron chi connectivity index (χ0n) is 25.9. The van der Waals surface area contributed by atoms with Crippen LogP contribution in [0, 0.1) is 12.7 Å². The highest BCUT2D eigenvalue weighted by molar-refractivity contribution is 5.68. The molecule has 1 aliphatic heterocycles. The predicted molar refractivity (Wildman–Crippen MR) is 156 cm³/mol. The van der Waals surface area contributed by atoms with Crippen molar-refractivity contribution >= 4 is 23.9 Å².